The Labute approximate surface area is 118 Å². The van der Waals surface area contributed by atoms with Gasteiger partial charge in [0.05, 0.1) is 12.0 Å². The van der Waals surface area contributed by atoms with E-state index >= 15 is 0 Å². The van der Waals surface area contributed by atoms with Crippen LogP contribution in [-0.2, 0) is 14.3 Å². The number of likely N-dealkylation sites (tertiary alicyclic amines) is 1. The molecular weight excluding hydrogens is 254 g/mol. The fourth-order valence-electron chi connectivity index (χ4n) is 6.25. The van der Waals surface area contributed by atoms with Gasteiger partial charge >= 0.3 is 5.97 Å². The van der Waals surface area contributed by atoms with E-state index in [2.05, 4.69) is 0 Å². The van der Waals surface area contributed by atoms with Gasteiger partial charge in [-0.3, -0.25) is 4.79 Å². The highest BCUT2D eigenvalue weighted by Gasteiger charge is 2.59. The number of morpholine rings is 1. The number of rotatable bonds is 1. The Bertz CT molecular complexity index is 465. The average Bonchev–Trinajstić information content (AvgIpc) is 2.95. The Hall–Kier alpha value is -1.06. The fraction of sp³-hybridized carbons (Fsp3) is 0.875. The third-order valence-corrected chi connectivity index (χ3v) is 6.57. The van der Waals surface area contributed by atoms with Gasteiger partial charge in [0.1, 0.15) is 12.1 Å². The van der Waals surface area contributed by atoms with Crippen molar-refractivity contribution in [2.75, 3.05) is 6.54 Å². The SMILES string of the molecule is O=C1OC2CC1N(C(=O)C13CC4CC(CC(C4)C1)C3)C2. The molecule has 6 rings (SSSR count). The largest absolute Gasteiger partial charge is 0.459 e. The molecule has 0 radical (unpaired) electrons. The van der Waals surface area contributed by atoms with E-state index in [0.717, 1.165) is 43.4 Å². The molecule has 4 nitrogen and oxygen atoms in total. The van der Waals surface area contributed by atoms with E-state index in [4.69, 9.17) is 4.74 Å². The van der Waals surface area contributed by atoms with Crippen molar-refractivity contribution in [2.24, 2.45) is 23.2 Å². The van der Waals surface area contributed by atoms with E-state index in [1.807, 2.05) is 4.90 Å². The van der Waals surface area contributed by atoms with Crippen molar-refractivity contribution in [1.82, 2.24) is 4.90 Å². The molecule has 6 bridgehead atoms. The van der Waals surface area contributed by atoms with Gasteiger partial charge in [0.25, 0.3) is 0 Å². The highest BCUT2D eigenvalue weighted by molar-refractivity contribution is 5.90. The van der Waals surface area contributed by atoms with Gasteiger partial charge in [-0.1, -0.05) is 0 Å². The summed E-state index contributed by atoms with van der Waals surface area (Å²) in [7, 11) is 0. The number of nitrogens with zero attached hydrogens (tertiary/aromatic N) is 1. The first-order valence-electron chi connectivity index (χ1n) is 8.14. The molecule has 20 heavy (non-hydrogen) atoms. The lowest BCUT2D eigenvalue weighted by Crippen LogP contribution is -2.57. The van der Waals surface area contributed by atoms with Gasteiger partial charge in [-0.15, -0.1) is 0 Å². The predicted octanol–water partition coefficient (Wildman–Crippen LogP) is 1.73. The van der Waals surface area contributed by atoms with Crippen molar-refractivity contribution in [1.29, 1.82) is 0 Å². The Morgan fingerprint density at radius 2 is 1.65 bits per heavy atom. The number of carbonyl (C=O) groups excluding carboxylic acids is 2. The third-order valence-electron chi connectivity index (χ3n) is 6.57. The quantitative estimate of drug-likeness (QED) is 0.685. The summed E-state index contributed by atoms with van der Waals surface area (Å²) in [5.74, 6) is 2.45. The van der Waals surface area contributed by atoms with Gasteiger partial charge in [-0.05, 0) is 56.3 Å². The Kier molecular flexibility index (Phi) is 2.07. The molecule has 0 N–H and O–H groups in total. The highest BCUT2D eigenvalue weighted by atomic mass is 16.6. The summed E-state index contributed by atoms with van der Waals surface area (Å²) in [5.41, 5.74) is -0.112. The molecule has 2 unspecified atom stereocenters. The summed E-state index contributed by atoms with van der Waals surface area (Å²) in [6, 6.07) is -0.263. The maximum absolute atomic E-state index is 13.2. The second kappa shape index (κ2) is 3.58. The van der Waals surface area contributed by atoms with Crippen LogP contribution < -0.4 is 0 Å². The van der Waals surface area contributed by atoms with Crippen LogP contribution in [0.3, 0.4) is 0 Å². The van der Waals surface area contributed by atoms with Crippen LogP contribution in [-0.4, -0.2) is 35.5 Å². The maximum atomic E-state index is 13.2. The van der Waals surface area contributed by atoms with Crippen LogP contribution in [0, 0.1) is 23.2 Å². The molecule has 4 saturated carbocycles. The molecule has 0 aromatic rings. The van der Waals surface area contributed by atoms with Crippen molar-refractivity contribution in [2.45, 2.75) is 57.1 Å². The van der Waals surface area contributed by atoms with Crippen LogP contribution in [0.15, 0.2) is 0 Å². The number of ether oxygens (including phenoxy) is 1. The molecule has 1 amide bonds. The predicted molar refractivity (Wildman–Crippen MR) is 70.6 cm³/mol. The third kappa shape index (κ3) is 1.38. The first kappa shape index (κ1) is 11.6. The van der Waals surface area contributed by atoms with E-state index in [-0.39, 0.29) is 23.5 Å². The van der Waals surface area contributed by atoms with E-state index in [9.17, 15) is 9.59 Å². The number of fused-ring (bicyclic) bond motifs is 2. The van der Waals surface area contributed by atoms with E-state index < -0.39 is 0 Å². The van der Waals surface area contributed by atoms with Crippen molar-refractivity contribution >= 4 is 11.9 Å². The van der Waals surface area contributed by atoms with E-state index in [1.54, 1.807) is 0 Å². The number of hydrogen-bond donors (Lipinski definition) is 0. The van der Waals surface area contributed by atoms with Crippen molar-refractivity contribution in [3.8, 4) is 0 Å². The molecule has 6 fully saturated rings. The second-order valence-electron chi connectivity index (χ2n) is 7.97. The standard InChI is InChI=1S/C16H21NO3/c18-14-13-4-12(20-14)8-17(13)15(19)16-5-9-1-10(6-16)3-11(2-9)7-16/h9-13H,1-8H2. The summed E-state index contributed by atoms with van der Waals surface area (Å²) in [4.78, 5) is 26.8. The fourth-order valence-corrected chi connectivity index (χ4v) is 6.25. The maximum Gasteiger partial charge on any atom is 0.329 e. The summed E-state index contributed by atoms with van der Waals surface area (Å²) in [5, 5.41) is 0. The first-order valence-corrected chi connectivity index (χ1v) is 8.14. The molecule has 2 heterocycles. The molecule has 2 atom stereocenters. The molecule has 4 aliphatic carbocycles. The molecule has 2 saturated heterocycles. The van der Waals surface area contributed by atoms with Crippen LogP contribution in [0.5, 0.6) is 0 Å². The van der Waals surface area contributed by atoms with Gasteiger partial charge < -0.3 is 9.64 Å². The lowest BCUT2D eigenvalue weighted by atomic mass is 9.49. The summed E-state index contributed by atoms with van der Waals surface area (Å²) in [6.45, 7) is 0.650. The van der Waals surface area contributed by atoms with E-state index in [0.29, 0.717) is 12.5 Å². The van der Waals surface area contributed by atoms with Crippen LogP contribution in [0.2, 0.25) is 0 Å². The summed E-state index contributed by atoms with van der Waals surface area (Å²) in [6.07, 6.45) is 8.01. The van der Waals surface area contributed by atoms with Crippen LogP contribution in [0.4, 0.5) is 0 Å². The zero-order chi connectivity index (χ0) is 13.5. The topological polar surface area (TPSA) is 46.6 Å². The molecule has 0 aromatic heterocycles. The Morgan fingerprint density at radius 3 is 2.15 bits per heavy atom. The lowest BCUT2D eigenvalue weighted by molar-refractivity contribution is -0.169. The van der Waals surface area contributed by atoms with Crippen molar-refractivity contribution in [3.05, 3.63) is 0 Å². The number of esters is 1. The minimum Gasteiger partial charge on any atom is -0.459 e. The highest BCUT2D eigenvalue weighted by Crippen LogP contribution is 2.61. The Balaban J connectivity index is 1.45. The van der Waals surface area contributed by atoms with Gasteiger partial charge in [0.2, 0.25) is 5.91 Å². The Morgan fingerprint density at radius 1 is 1.05 bits per heavy atom. The average molecular weight is 275 g/mol. The monoisotopic (exact) mass is 275 g/mol. The minimum absolute atomic E-state index is 0.0228. The van der Waals surface area contributed by atoms with Crippen LogP contribution in [0.1, 0.15) is 44.9 Å². The lowest BCUT2D eigenvalue weighted by Gasteiger charge is -2.56. The minimum atomic E-state index is -0.263. The number of carbonyl (C=O) groups is 2. The summed E-state index contributed by atoms with van der Waals surface area (Å²) >= 11 is 0. The van der Waals surface area contributed by atoms with Gasteiger partial charge in [-0.2, -0.15) is 0 Å². The van der Waals surface area contributed by atoms with Gasteiger partial charge in [0, 0.05) is 6.42 Å². The number of hydrogen-bond acceptors (Lipinski definition) is 3. The normalized spacial score (nSPS) is 51.7. The smallest absolute Gasteiger partial charge is 0.329 e. The molecule has 0 spiro atoms. The molecule has 108 valence electrons. The molecule has 2 aliphatic heterocycles. The van der Waals surface area contributed by atoms with Gasteiger partial charge in [-0.25, -0.2) is 4.79 Å². The zero-order valence-electron chi connectivity index (χ0n) is 11.7. The summed E-state index contributed by atoms with van der Waals surface area (Å²) < 4.78 is 5.23. The molecule has 0 aromatic carbocycles. The zero-order valence-corrected chi connectivity index (χ0v) is 11.7. The first-order chi connectivity index (χ1) is 9.63. The van der Waals surface area contributed by atoms with Crippen LogP contribution in [0.25, 0.3) is 0 Å². The molecule has 4 heteroatoms. The second-order valence-corrected chi connectivity index (χ2v) is 7.97. The van der Waals surface area contributed by atoms with Crippen molar-refractivity contribution in [3.63, 3.8) is 0 Å². The molecule has 6 aliphatic rings. The van der Waals surface area contributed by atoms with E-state index in [1.165, 1.54) is 19.3 Å². The molecular formula is C16H21NO3. The van der Waals surface area contributed by atoms with Crippen LogP contribution >= 0.6 is 0 Å². The van der Waals surface area contributed by atoms with Gasteiger partial charge in [0.15, 0.2) is 0 Å². The van der Waals surface area contributed by atoms with Crippen molar-refractivity contribution < 1.29 is 14.3 Å². The number of amides is 1.